The van der Waals surface area contributed by atoms with Crippen LogP contribution in [0, 0.1) is 5.82 Å². The van der Waals surface area contributed by atoms with Crippen LogP contribution in [0.1, 0.15) is 18.1 Å². The molecule has 0 radical (unpaired) electrons. The van der Waals surface area contributed by atoms with E-state index in [1.54, 1.807) is 6.92 Å². The molecule has 1 atom stereocenters. The molecule has 1 heterocycles. The van der Waals surface area contributed by atoms with Crippen molar-refractivity contribution in [2.75, 3.05) is 26.3 Å². The van der Waals surface area contributed by atoms with Crippen molar-refractivity contribution >= 4 is 5.91 Å². The molecule has 1 fully saturated rings. The molecule has 1 aliphatic heterocycles. The van der Waals surface area contributed by atoms with Gasteiger partial charge in [-0.1, -0.05) is 24.3 Å². The fourth-order valence-corrected chi connectivity index (χ4v) is 2.96. The quantitative estimate of drug-likeness (QED) is 0.812. The van der Waals surface area contributed by atoms with E-state index in [-0.39, 0.29) is 11.7 Å². The maximum atomic E-state index is 12.9. The Kier molecular flexibility index (Phi) is 6.79. The lowest BCUT2D eigenvalue weighted by Crippen LogP contribution is -2.36. The largest absolute Gasteiger partial charge is 0.481 e. The first-order chi connectivity index (χ1) is 13.1. The summed E-state index contributed by atoms with van der Waals surface area (Å²) in [5.41, 5.74) is 2.27. The normalized spacial score (nSPS) is 15.9. The van der Waals surface area contributed by atoms with Gasteiger partial charge in [-0.25, -0.2) is 4.39 Å². The Balaban J connectivity index is 1.49. The summed E-state index contributed by atoms with van der Waals surface area (Å²) in [6, 6.07) is 13.8. The summed E-state index contributed by atoms with van der Waals surface area (Å²) in [5.74, 6) is -0.0825. The molecule has 0 unspecified atom stereocenters. The molecule has 0 saturated carbocycles. The number of nitrogens with zero attached hydrogens (tertiary/aromatic N) is 1. The smallest absolute Gasteiger partial charge is 0.261 e. The van der Waals surface area contributed by atoms with E-state index in [0.717, 1.165) is 38.4 Å². The third kappa shape index (κ3) is 6.05. The van der Waals surface area contributed by atoms with E-state index in [0.29, 0.717) is 12.3 Å². The van der Waals surface area contributed by atoms with Crippen LogP contribution in [0.4, 0.5) is 4.39 Å². The zero-order valence-electron chi connectivity index (χ0n) is 15.5. The molecule has 2 aromatic carbocycles. The molecule has 6 heteroatoms. The Morgan fingerprint density at radius 1 is 1.19 bits per heavy atom. The van der Waals surface area contributed by atoms with E-state index in [4.69, 9.17) is 9.47 Å². The maximum Gasteiger partial charge on any atom is 0.261 e. The van der Waals surface area contributed by atoms with Crippen molar-refractivity contribution in [1.82, 2.24) is 10.2 Å². The molecule has 1 N–H and O–H groups in total. The third-order valence-corrected chi connectivity index (χ3v) is 4.46. The molecule has 1 saturated heterocycles. The Morgan fingerprint density at radius 3 is 2.63 bits per heavy atom. The van der Waals surface area contributed by atoms with Gasteiger partial charge in [-0.3, -0.25) is 9.69 Å². The summed E-state index contributed by atoms with van der Waals surface area (Å²) in [7, 11) is 0. The lowest BCUT2D eigenvalue weighted by molar-refractivity contribution is -0.127. The minimum Gasteiger partial charge on any atom is -0.481 e. The molecule has 0 bridgehead atoms. The molecule has 2 aromatic rings. The summed E-state index contributed by atoms with van der Waals surface area (Å²) in [4.78, 5) is 14.6. The molecule has 1 amide bonds. The van der Waals surface area contributed by atoms with Gasteiger partial charge in [0.25, 0.3) is 5.91 Å². The Labute approximate surface area is 159 Å². The number of benzene rings is 2. The maximum absolute atomic E-state index is 12.9. The highest BCUT2D eigenvalue weighted by Gasteiger charge is 2.15. The van der Waals surface area contributed by atoms with Crippen LogP contribution < -0.4 is 10.1 Å². The predicted molar refractivity (Wildman–Crippen MR) is 101 cm³/mol. The van der Waals surface area contributed by atoms with Crippen molar-refractivity contribution in [1.29, 1.82) is 0 Å². The predicted octanol–water partition coefficient (Wildman–Crippen LogP) is 2.74. The molecule has 0 aliphatic carbocycles. The van der Waals surface area contributed by atoms with Gasteiger partial charge >= 0.3 is 0 Å². The molecule has 1 aliphatic rings. The molecular weight excluding hydrogens is 347 g/mol. The second kappa shape index (κ2) is 9.48. The second-order valence-electron chi connectivity index (χ2n) is 6.64. The van der Waals surface area contributed by atoms with Crippen LogP contribution in [-0.4, -0.2) is 43.2 Å². The number of hydrogen-bond acceptors (Lipinski definition) is 4. The topological polar surface area (TPSA) is 50.8 Å². The highest BCUT2D eigenvalue weighted by Crippen LogP contribution is 2.13. The number of halogens is 1. The number of morpholine rings is 1. The SMILES string of the molecule is C[C@@H](Oc1ccc(F)cc1)C(=O)NCc1cccc(CN2CCOCC2)c1. The number of amides is 1. The van der Waals surface area contributed by atoms with Crippen molar-refractivity contribution in [3.05, 3.63) is 65.5 Å². The average molecular weight is 372 g/mol. The van der Waals surface area contributed by atoms with Crippen LogP contribution in [0.5, 0.6) is 5.75 Å². The molecular formula is C21H25FN2O3. The van der Waals surface area contributed by atoms with E-state index in [1.165, 1.54) is 29.8 Å². The van der Waals surface area contributed by atoms with Crippen LogP contribution in [0.15, 0.2) is 48.5 Å². The standard InChI is InChI=1S/C21H25FN2O3/c1-16(27-20-7-5-19(22)6-8-20)21(25)23-14-17-3-2-4-18(13-17)15-24-9-11-26-12-10-24/h2-8,13,16H,9-12,14-15H2,1H3,(H,23,25)/t16-/m1/s1. The van der Waals surface area contributed by atoms with Gasteiger partial charge in [0, 0.05) is 26.2 Å². The van der Waals surface area contributed by atoms with Crippen LogP contribution in [-0.2, 0) is 22.6 Å². The van der Waals surface area contributed by atoms with Gasteiger partial charge in [0.1, 0.15) is 11.6 Å². The zero-order chi connectivity index (χ0) is 19.1. The zero-order valence-corrected chi connectivity index (χ0v) is 15.5. The van der Waals surface area contributed by atoms with Gasteiger partial charge in [-0.2, -0.15) is 0 Å². The Morgan fingerprint density at radius 2 is 1.89 bits per heavy atom. The van der Waals surface area contributed by atoms with E-state index in [2.05, 4.69) is 22.3 Å². The molecule has 27 heavy (non-hydrogen) atoms. The number of carbonyl (C=O) groups is 1. The van der Waals surface area contributed by atoms with Gasteiger partial charge in [0.05, 0.1) is 13.2 Å². The second-order valence-corrected chi connectivity index (χ2v) is 6.64. The van der Waals surface area contributed by atoms with Gasteiger partial charge in [0.15, 0.2) is 6.10 Å². The van der Waals surface area contributed by atoms with E-state index in [1.807, 2.05) is 12.1 Å². The average Bonchev–Trinajstić information content (AvgIpc) is 2.69. The molecule has 144 valence electrons. The first-order valence-electron chi connectivity index (χ1n) is 9.18. The van der Waals surface area contributed by atoms with Crippen LogP contribution in [0.25, 0.3) is 0 Å². The molecule has 0 spiro atoms. The van der Waals surface area contributed by atoms with Crippen LogP contribution in [0.3, 0.4) is 0 Å². The third-order valence-electron chi connectivity index (χ3n) is 4.46. The van der Waals surface area contributed by atoms with Gasteiger partial charge in [-0.15, -0.1) is 0 Å². The van der Waals surface area contributed by atoms with Gasteiger partial charge in [0.2, 0.25) is 0 Å². The Bertz CT molecular complexity index is 745. The van der Waals surface area contributed by atoms with Crippen molar-refractivity contribution in [2.24, 2.45) is 0 Å². The van der Waals surface area contributed by atoms with Crippen LogP contribution >= 0.6 is 0 Å². The summed E-state index contributed by atoms with van der Waals surface area (Å²) in [5, 5.41) is 2.89. The highest BCUT2D eigenvalue weighted by atomic mass is 19.1. The fourth-order valence-electron chi connectivity index (χ4n) is 2.96. The van der Waals surface area contributed by atoms with Crippen molar-refractivity contribution in [3.63, 3.8) is 0 Å². The number of rotatable bonds is 7. The van der Waals surface area contributed by atoms with Gasteiger partial charge in [-0.05, 0) is 42.3 Å². The Hall–Kier alpha value is -2.44. The highest BCUT2D eigenvalue weighted by molar-refractivity contribution is 5.80. The first kappa shape index (κ1) is 19.3. The minimum absolute atomic E-state index is 0.210. The lowest BCUT2D eigenvalue weighted by atomic mass is 10.1. The number of ether oxygens (including phenoxy) is 2. The van der Waals surface area contributed by atoms with E-state index >= 15 is 0 Å². The summed E-state index contributed by atoms with van der Waals surface area (Å²) < 4.78 is 23.9. The van der Waals surface area contributed by atoms with E-state index in [9.17, 15) is 9.18 Å². The van der Waals surface area contributed by atoms with Gasteiger partial charge < -0.3 is 14.8 Å². The minimum atomic E-state index is -0.660. The van der Waals surface area contributed by atoms with E-state index < -0.39 is 6.10 Å². The summed E-state index contributed by atoms with van der Waals surface area (Å²) in [6.45, 7) is 6.44. The molecule has 0 aromatic heterocycles. The van der Waals surface area contributed by atoms with Crippen molar-refractivity contribution < 1.29 is 18.7 Å². The number of hydrogen-bond donors (Lipinski definition) is 1. The molecule has 3 rings (SSSR count). The summed E-state index contributed by atoms with van der Waals surface area (Å²) in [6.07, 6.45) is -0.660. The first-order valence-corrected chi connectivity index (χ1v) is 9.18. The molecule has 5 nitrogen and oxygen atoms in total. The summed E-state index contributed by atoms with van der Waals surface area (Å²) >= 11 is 0. The van der Waals surface area contributed by atoms with Crippen LogP contribution in [0.2, 0.25) is 0 Å². The number of carbonyl (C=O) groups excluding carboxylic acids is 1. The van der Waals surface area contributed by atoms with Crippen molar-refractivity contribution in [3.8, 4) is 5.75 Å². The monoisotopic (exact) mass is 372 g/mol. The lowest BCUT2D eigenvalue weighted by Gasteiger charge is -2.26. The number of nitrogens with one attached hydrogen (secondary N) is 1. The van der Waals surface area contributed by atoms with Crippen molar-refractivity contribution in [2.45, 2.75) is 26.1 Å². The fraction of sp³-hybridized carbons (Fsp3) is 0.381.